The first-order valence-electron chi connectivity index (χ1n) is 3.33. The molecule has 0 unspecified atom stereocenters. The fourth-order valence-electron chi connectivity index (χ4n) is 0.746. The molecule has 0 radical (unpaired) electrons. The molecule has 0 atom stereocenters. The molecule has 0 N–H and O–H groups in total. The number of methoxy groups -OCH3 is 1. The first-order valence-corrected chi connectivity index (χ1v) is 3.70. The highest BCUT2D eigenvalue weighted by molar-refractivity contribution is 6.33. The fourth-order valence-corrected chi connectivity index (χ4v) is 0.989. The number of nitrogens with zero attached hydrogens (tertiary/aromatic N) is 2. The van der Waals surface area contributed by atoms with Gasteiger partial charge in [-0.1, -0.05) is 11.6 Å². The maximum Gasteiger partial charge on any atom is 0.358 e. The summed E-state index contributed by atoms with van der Waals surface area (Å²) in [5.74, 6) is -0.616. The summed E-state index contributed by atoms with van der Waals surface area (Å²) in [5.41, 5.74) is 0.320. The van der Waals surface area contributed by atoms with E-state index in [9.17, 15) is 4.79 Å². The normalized spacial score (nSPS) is 9.00. The predicted molar refractivity (Wildman–Crippen MR) is 45.3 cm³/mol. The van der Waals surface area contributed by atoms with E-state index in [2.05, 4.69) is 9.72 Å². The van der Waals surface area contributed by atoms with Crippen molar-refractivity contribution in [3.8, 4) is 6.07 Å². The maximum atomic E-state index is 11.0. The van der Waals surface area contributed by atoms with Crippen LogP contribution in [-0.4, -0.2) is 18.1 Å². The molecule has 66 valence electrons. The molecule has 0 spiro atoms. The number of carbonyl (C=O) groups is 1. The Balaban J connectivity index is 3.14. The Morgan fingerprint density at radius 2 is 2.46 bits per heavy atom. The average molecular weight is 197 g/mol. The summed E-state index contributed by atoms with van der Waals surface area (Å²) in [6.07, 6.45) is 1.26. The van der Waals surface area contributed by atoms with Gasteiger partial charge in [0.25, 0.3) is 0 Å². The van der Waals surface area contributed by atoms with Crippen LogP contribution in [0.15, 0.2) is 12.3 Å². The van der Waals surface area contributed by atoms with Gasteiger partial charge in [0.2, 0.25) is 0 Å². The molecule has 0 bridgehead atoms. The van der Waals surface area contributed by atoms with E-state index in [0.717, 1.165) is 0 Å². The number of ether oxygens (including phenoxy) is 1. The van der Waals surface area contributed by atoms with Gasteiger partial charge in [0.1, 0.15) is 6.07 Å². The Morgan fingerprint density at radius 3 is 2.92 bits per heavy atom. The summed E-state index contributed by atoms with van der Waals surface area (Å²) in [6, 6.07) is 3.21. The third-order valence-electron chi connectivity index (χ3n) is 1.35. The van der Waals surface area contributed by atoms with Gasteiger partial charge < -0.3 is 4.74 Å². The number of hydrogen-bond acceptors (Lipinski definition) is 4. The minimum absolute atomic E-state index is 0.0168. The second-order valence-corrected chi connectivity index (χ2v) is 2.57. The quantitative estimate of drug-likeness (QED) is 0.637. The van der Waals surface area contributed by atoms with Crippen LogP contribution in [0.25, 0.3) is 0 Å². The highest BCUT2D eigenvalue weighted by Crippen LogP contribution is 2.15. The van der Waals surface area contributed by atoms with Gasteiger partial charge in [0.05, 0.1) is 17.7 Å². The number of nitriles is 1. The van der Waals surface area contributed by atoms with Crippen molar-refractivity contribution in [3.63, 3.8) is 0 Å². The Morgan fingerprint density at radius 1 is 1.77 bits per heavy atom. The third-order valence-corrected chi connectivity index (χ3v) is 1.64. The smallest absolute Gasteiger partial charge is 0.358 e. The Bertz CT molecular complexity index is 384. The lowest BCUT2D eigenvalue weighted by Gasteiger charge is -1.99. The molecule has 0 saturated carbocycles. The molecular weight excluding hydrogens is 192 g/mol. The number of carbonyl (C=O) groups excluding carboxylic acids is 1. The molecule has 1 heterocycles. The van der Waals surface area contributed by atoms with Crippen LogP contribution in [0.4, 0.5) is 0 Å². The summed E-state index contributed by atoms with van der Waals surface area (Å²) in [4.78, 5) is 14.7. The van der Waals surface area contributed by atoms with Crippen LogP contribution in [-0.2, 0) is 4.74 Å². The van der Waals surface area contributed by atoms with Crippen molar-refractivity contribution in [2.45, 2.75) is 0 Å². The Kier molecular flexibility index (Phi) is 2.83. The Labute approximate surface area is 79.7 Å². The van der Waals surface area contributed by atoms with E-state index in [-0.39, 0.29) is 10.7 Å². The van der Waals surface area contributed by atoms with Crippen LogP contribution in [0.5, 0.6) is 0 Å². The van der Waals surface area contributed by atoms with E-state index < -0.39 is 5.97 Å². The SMILES string of the molecule is COC(=O)c1ncc(C#N)cc1Cl. The third kappa shape index (κ3) is 1.95. The van der Waals surface area contributed by atoms with E-state index >= 15 is 0 Å². The van der Waals surface area contributed by atoms with Gasteiger partial charge in [0, 0.05) is 6.20 Å². The second kappa shape index (κ2) is 3.87. The molecule has 1 rings (SSSR count). The molecule has 0 fully saturated rings. The number of hydrogen-bond donors (Lipinski definition) is 0. The van der Waals surface area contributed by atoms with Crippen LogP contribution in [0, 0.1) is 11.3 Å². The van der Waals surface area contributed by atoms with Crippen LogP contribution >= 0.6 is 11.6 Å². The predicted octanol–water partition coefficient (Wildman–Crippen LogP) is 1.39. The lowest BCUT2D eigenvalue weighted by atomic mass is 10.2. The second-order valence-electron chi connectivity index (χ2n) is 2.16. The van der Waals surface area contributed by atoms with Crippen molar-refractivity contribution in [1.29, 1.82) is 5.26 Å². The summed E-state index contributed by atoms with van der Waals surface area (Å²) >= 11 is 5.67. The highest BCUT2D eigenvalue weighted by atomic mass is 35.5. The average Bonchev–Trinajstić information content (AvgIpc) is 2.16. The minimum atomic E-state index is -0.616. The topological polar surface area (TPSA) is 63.0 Å². The first kappa shape index (κ1) is 9.49. The molecule has 0 aliphatic heterocycles. The molecule has 0 aromatic carbocycles. The molecule has 13 heavy (non-hydrogen) atoms. The molecule has 4 nitrogen and oxygen atoms in total. The number of aromatic nitrogens is 1. The van der Waals surface area contributed by atoms with E-state index in [1.807, 2.05) is 6.07 Å². The van der Waals surface area contributed by atoms with Gasteiger partial charge in [-0.05, 0) is 6.07 Å². The molecule has 0 aliphatic rings. The van der Waals surface area contributed by atoms with Crippen molar-refractivity contribution in [2.75, 3.05) is 7.11 Å². The molecule has 0 aliphatic carbocycles. The summed E-state index contributed by atoms with van der Waals surface area (Å²) in [7, 11) is 1.23. The summed E-state index contributed by atoms with van der Waals surface area (Å²) < 4.78 is 4.42. The van der Waals surface area contributed by atoms with Crippen LogP contribution in [0.1, 0.15) is 16.1 Å². The number of esters is 1. The molecule has 0 saturated heterocycles. The molecule has 1 aromatic heterocycles. The zero-order chi connectivity index (χ0) is 9.84. The highest BCUT2D eigenvalue weighted by Gasteiger charge is 2.12. The monoisotopic (exact) mass is 196 g/mol. The number of pyridine rings is 1. The molecular formula is C8H5ClN2O2. The van der Waals surface area contributed by atoms with Crippen molar-refractivity contribution >= 4 is 17.6 Å². The van der Waals surface area contributed by atoms with Crippen molar-refractivity contribution in [3.05, 3.63) is 28.5 Å². The van der Waals surface area contributed by atoms with Crippen molar-refractivity contribution < 1.29 is 9.53 Å². The summed E-state index contributed by atoms with van der Waals surface area (Å²) in [6.45, 7) is 0. The van der Waals surface area contributed by atoms with Gasteiger partial charge in [-0.15, -0.1) is 0 Å². The minimum Gasteiger partial charge on any atom is -0.464 e. The Hall–Kier alpha value is -1.60. The number of halogens is 1. The largest absolute Gasteiger partial charge is 0.464 e. The van der Waals surface area contributed by atoms with Crippen molar-refractivity contribution in [2.24, 2.45) is 0 Å². The molecule has 0 amide bonds. The van der Waals surface area contributed by atoms with Gasteiger partial charge in [0.15, 0.2) is 5.69 Å². The summed E-state index contributed by atoms with van der Waals surface area (Å²) in [5, 5.41) is 8.60. The number of rotatable bonds is 1. The zero-order valence-corrected chi connectivity index (χ0v) is 7.50. The van der Waals surface area contributed by atoms with E-state index in [4.69, 9.17) is 16.9 Å². The van der Waals surface area contributed by atoms with E-state index in [1.165, 1.54) is 19.4 Å². The van der Waals surface area contributed by atoms with Gasteiger partial charge in [-0.3, -0.25) is 0 Å². The van der Waals surface area contributed by atoms with Gasteiger partial charge in [-0.25, -0.2) is 9.78 Å². The maximum absolute atomic E-state index is 11.0. The van der Waals surface area contributed by atoms with Crippen molar-refractivity contribution in [1.82, 2.24) is 4.98 Å². The van der Waals surface area contributed by atoms with E-state index in [0.29, 0.717) is 5.56 Å². The van der Waals surface area contributed by atoms with Crippen LogP contribution in [0.2, 0.25) is 5.02 Å². The lowest BCUT2D eigenvalue weighted by molar-refractivity contribution is 0.0594. The standard InChI is InChI=1S/C8H5ClN2O2/c1-13-8(12)7-6(9)2-5(3-10)4-11-7/h2,4H,1H3. The van der Waals surface area contributed by atoms with E-state index in [1.54, 1.807) is 0 Å². The lowest BCUT2D eigenvalue weighted by Crippen LogP contribution is -2.05. The molecule has 1 aromatic rings. The fraction of sp³-hybridized carbons (Fsp3) is 0.125. The van der Waals surface area contributed by atoms with Crippen LogP contribution < -0.4 is 0 Å². The molecule has 5 heteroatoms. The van der Waals surface area contributed by atoms with Crippen LogP contribution in [0.3, 0.4) is 0 Å². The first-order chi connectivity index (χ1) is 6.19. The van der Waals surface area contributed by atoms with Gasteiger partial charge in [-0.2, -0.15) is 5.26 Å². The van der Waals surface area contributed by atoms with Gasteiger partial charge >= 0.3 is 5.97 Å². The zero-order valence-electron chi connectivity index (χ0n) is 6.74.